The molecule has 0 aromatic heterocycles. The molecular formula is C17H20ClFN2O4. The number of halogens is 2. The van der Waals surface area contributed by atoms with Crippen LogP contribution in [0.4, 0.5) is 4.39 Å². The largest absolute Gasteiger partial charge is 0.480 e. The van der Waals surface area contributed by atoms with Crippen LogP contribution in [0.15, 0.2) is 18.2 Å². The van der Waals surface area contributed by atoms with Crippen LogP contribution in [0.2, 0.25) is 5.02 Å². The van der Waals surface area contributed by atoms with Crippen molar-refractivity contribution in [1.29, 1.82) is 0 Å². The van der Waals surface area contributed by atoms with Crippen molar-refractivity contribution in [3.05, 3.63) is 34.6 Å². The van der Waals surface area contributed by atoms with E-state index in [1.807, 2.05) is 0 Å². The number of carboxylic acids is 1. The summed E-state index contributed by atoms with van der Waals surface area (Å²) >= 11 is 5.84. The quantitative estimate of drug-likeness (QED) is 0.882. The Labute approximate surface area is 150 Å². The Hall–Kier alpha value is -2.15. The minimum Gasteiger partial charge on any atom is -0.480 e. The van der Waals surface area contributed by atoms with Crippen LogP contribution in [0.1, 0.15) is 36.5 Å². The fourth-order valence-corrected chi connectivity index (χ4v) is 3.24. The van der Waals surface area contributed by atoms with Crippen LogP contribution in [-0.4, -0.2) is 58.4 Å². The number of hydrogen-bond donors (Lipinski definition) is 1. The van der Waals surface area contributed by atoms with Gasteiger partial charge in [0.15, 0.2) is 0 Å². The third kappa shape index (κ3) is 4.92. The topological polar surface area (TPSA) is 77.9 Å². The maximum atomic E-state index is 13.9. The molecule has 1 heterocycles. The molecule has 6 nitrogen and oxygen atoms in total. The molecule has 0 saturated carbocycles. The highest BCUT2D eigenvalue weighted by Gasteiger charge is 2.28. The van der Waals surface area contributed by atoms with E-state index >= 15 is 0 Å². The molecule has 1 atom stereocenters. The molecule has 0 spiro atoms. The van der Waals surface area contributed by atoms with Crippen molar-refractivity contribution in [2.24, 2.45) is 0 Å². The predicted molar refractivity (Wildman–Crippen MR) is 90.0 cm³/mol. The highest BCUT2D eigenvalue weighted by atomic mass is 35.5. The number of likely N-dealkylation sites (tertiary alicyclic amines) is 1. The number of nitrogens with zero attached hydrogens (tertiary/aromatic N) is 2. The van der Waals surface area contributed by atoms with E-state index in [1.165, 1.54) is 28.9 Å². The molecule has 8 heteroatoms. The van der Waals surface area contributed by atoms with Gasteiger partial charge in [0.25, 0.3) is 5.91 Å². The maximum absolute atomic E-state index is 13.9. The van der Waals surface area contributed by atoms with Crippen LogP contribution in [0.25, 0.3) is 0 Å². The van der Waals surface area contributed by atoms with Gasteiger partial charge < -0.3 is 14.9 Å². The SMILES string of the molecule is CC(=O)N(CC(=O)O)C1CCCN(C(=O)c2cc(Cl)ccc2F)CC1. The van der Waals surface area contributed by atoms with Gasteiger partial charge in [-0.2, -0.15) is 0 Å². The third-order valence-corrected chi connectivity index (χ3v) is 4.53. The Morgan fingerprint density at radius 2 is 2.04 bits per heavy atom. The van der Waals surface area contributed by atoms with Crippen LogP contribution < -0.4 is 0 Å². The Bertz CT molecular complexity index is 683. The maximum Gasteiger partial charge on any atom is 0.323 e. The van der Waals surface area contributed by atoms with Gasteiger partial charge in [0.2, 0.25) is 5.91 Å². The van der Waals surface area contributed by atoms with E-state index in [0.29, 0.717) is 32.4 Å². The molecule has 0 radical (unpaired) electrons. The smallest absolute Gasteiger partial charge is 0.323 e. The van der Waals surface area contributed by atoms with E-state index in [9.17, 15) is 18.8 Å². The molecule has 0 bridgehead atoms. The van der Waals surface area contributed by atoms with E-state index in [4.69, 9.17) is 16.7 Å². The van der Waals surface area contributed by atoms with Crippen molar-refractivity contribution in [1.82, 2.24) is 9.80 Å². The van der Waals surface area contributed by atoms with E-state index in [1.54, 1.807) is 0 Å². The van der Waals surface area contributed by atoms with Crippen LogP contribution in [-0.2, 0) is 9.59 Å². The summed E-state index contributed by atoms with van der Waals surface area (Å²) in [5.41, 5.74) is -0.0834. The summed E-state index contributed by atoms with van der Waals surface area (Å²) in [6, 6.07) is 3.58. The summed E-state index contributed by atoms with van der Waals surface area (Å²) in [7, 11) is 0. The molecule has 1 fully saturated rings. The van der Waals surface area contributed by atoms with Crippen LogP contribution in [0.5, 0.6) is 0 Å². The molecule has 1 aliphatic heterocycles. The second-order valence-corrected chi connectivity index (χ2v) is 6.48. The standard InChI is InChI=1S/C17H20ClFN2O4/c1-11(22)21(10-16(23)24)13-3-2-7-20(8-6-13)17(25)14-9-12(18)4-5-15(14)19/h4-5,9,13H,2-3,6-8,10H2,1H3,(H,23,24). The van der Waals surface area contributed by atoms with Crippen molar-refractivity contribution in [3.63, 3.8) is 0 Å². The second-order valence-electron chi connectivity index (χ2n) is 6.04. The van der Waals surface area contributed by atoms with Crippen molar-refractivity contribution < 1.29 is 23.9 Å². The average Bonchev–Trinajstić information content (AvgIpc) is 2.79. The van der Waals surface area contributed by atoms with Crippen molar-refractivity contribution in [2.45, 2.75) is 32.2 Å². The lowest BCUT2D eigenvalue weighted by Gasteiger charge is -2.28. The lowest BCUT2D eigenvalue weighted by Crippen LogP contribution is -2.43. The van der Waals surface area contributed by atoms with E-state index in [0.717, 1.165) is 6.07 Å². The van der Waals surface area contributed by atoms with Crippen LogP contribution >= 0.6 is 11.6 Å². The first-order valence-corrected chi connectivity index (χ1v) is 8.40. The lowest BCUT2D eigenvalue weighted by molar-refractivity contribution is -0.145. The van der Waals surface area contributed by atoms with Crippen molar-refractivity contribution in [2.75, 3.05) is 19.6 Å². The summed E-state index contributed by atoms with van der Waals surface area (Å²) in [6.07, 6.45) is 1.64. The molecule has 1 unspecified atom stereocenters. The molecular weight excluding hydrogens is 351 g/mol. The summed E-state index contributed by atoms with van der Waals surface area (Å²) in [5.74, 6) is -2.47. The fourth-order valence-electron chi connectivity index (χ4n) is 3.07. The summed E-state index contributed by atoms with van der Waals surface area (Å²) < 4.78 is 13.9. The number of benzene rings is 1. The monoisotopic (exact) mass is 370 g/mol. The van der Waals surface area contributed by atoms with Crippen molar-refractivity contribution in [3.8, 4) is 0 Å². The normalized spacial score (nSPS) is 17.7. The average molecular weight is 371 g/mol. The van der Waals surface area contributed by atoms with E-state index in [-0.39, 0.29) is 29.1 Å². The van der Waals surface area contributed by atoms with Gasteiger partial charge in [0, 0.05) is 31.1 Å². The first-order chi connectivity index (χ1) is 11.8. The molecule has 136 valence electrons. The number of rotatable bonds is 4. The Morgan fingerprint density at radius 3 is 2.68 bits per heavy atom. The Balaban J connectivity index is 2.10. The molecule has 1 aromatic carbocycles. The molecule has 1 aliphatic rings. The van der Waals surface area contributed by atoms with E-state index < -0.39 is 17.7 Å². The van der Waals surface area contributed by atoms with Crippen LogP contribution in [0.3, 0.4) is 0 Å². The third-order valence-electron chi connectivity index (χ3n) is 4.29. The molecule has 1 N–H and O–H groups in total. The first-order valence-electron chi connectivity index (χ1n) is 8.03. The lowest BCUT2D eigenvalue weighted by atomic mass is 10.1. The van der Waals surface area contributed by atoms with Gasteiger partial charge >= 0.3 is 5.97 Å². The number of aliphatic carboxylic acids is 1. The predicted octanol–water partition coefficient (Wildman–Crippen LogP) is 2.41. The number of hydrogen-bond acceptors (Lipinski definition) is 3. The Morgan fingerprint density at radius 1 is 1.32 bits per heavy atom. The van der Waals surface area contributed by atoms with Crippen LogP contribution in [0, 0.1) is 5.82 Å². The summed E-state index contributed by atoms with van der Waals surface area (Å²) in [6.45, 7) is 1.70. The molecule has 0 aliphatic carbocycles. The molecule has 2 amide bonds. The zero-order chi connectivity index (χ0) is 18.6. The zero-order valence-corrected chi connectivity index (χ0v) is 14.6. The number of carboxylic acid groups (broad SMARTS) is 1. The fraction of sp³-hybridized carbons (Fsp3) is 0.471. The molecule has 1 saturated heterocycles. The number of amides is 2. The van der Waals surface area contributed by atoms with Crippen molar-refractivity contribution >= 4 is 29.4 Å². The van der Waals surface area contributed by atoms with Gasteiger partial charge in [0.1, 0.15) is 12.4 Å². The summed E-state index contributed by atoms with van der Waals surface area (Å²) in [4.78, 5) is 38.1. The van der Waals surface area contributed by atoms with Gasteiger partial charge in [-0.3, -0.25) is 14.4 Å². The van der Waals surface area contributed by atoms with Gasteiger partial charge in [-0.15, -0.1) is 0 Å². The number of carbonyl (C=O) groups is 3. The van der Waals surface area contributed by atoms with Gasteiger partial charge in [-0.1, -0.05) is 11.6 Å². The zero-order valence-electron chi connectivity index (χ0n) is 13.9. The minimum absolute atomic E-state index is 0.0834. The minimum atomic E-state index is -1.08. The van der Waals surface area contributed by atoms with Gasteiger partial charge in [-0.05, 0) is 37.5 Å². The van der Waals surface area contributed by atoms with Gasteiger partial charge in [0.05, 0.1) is 5.56 Å². The summed E-state index contributed by atoms with van der Waals surface area (Å²) in [5, 5.41) is 9.25. The van der Waals surface area contributed by atoms with Gasteiger partial charge in [-0.25, -0.2) is 4.39 Å². The highest BCUT2D eigenvalue weighted by molar-refractivity contribution is 6.31. The molecule has 1 aromatic rings. The molecule has 25 heavy (non-hydrogen) atoms. The second kappa shape index (κ2) is 8.29. The Kier molecular flexibility index (Phi) is 6.36. The highest BCUT2D eigenvalue weighted by Crippen LogP contribution is 2.21. The number of carbonyl (C=O) groups excluding carboxylic acids is 2. The first kappa shape index (κ1) is 19.2. The molecule has 2 rings (SSSR count). The van der Waals surface area contributed by atoms with E-state index in [2.05, 4.69) is 0 Å².